The van der Waals surface area contributed by atoms with Crippen LogP contribution in [0.2, 0.25) is 5.15 Å². The van der Waals surface area contributed by atoms with E-state index >= 15 is 0 Å². The Morgan fingerprint density at radius 2 is 1.95 bits per heavy atom. The Bertz CT molecular complexity index is 530. The Balaban J connectivity index is 0.000000775. The van der Waals surface area contributed by atoms with Gasteiger partial charge < -0.3 is 9.47 Å². The molecule has 0 radical (unpaired) electrons. The monoisotopic (exact) mass is 339 g/mol. The molecule has 2 aliphatic rings. The van der Waals surface area contributed by atoms with Crippen LogP contribution in [0.5, 0.6) is 5.75 Å². The average Bonchev–Trinajstić information content (AvgIpc) is 3.23. The highest BCUT2D eigenvalue weighted by Gasteiger charge is 2.68. The molecule has 1 fully saturated rings. The molecule has 7 heteroatoms. The number of nitrogens with zero attached hydrogens (tertiary/aromatic N) is 1. The summed E-state index contributed by atoms with van der Waals surface area (Å²) in [5, 5.41) is -0.0295. The van der Waals surface area contributed by atoms with Crippen molar-refractivity contribution in [2.45, 2.75) is 52.3 Å². The summed E-state index contributed by atoms with van der Waals surface area (Å²) in [4.78, 5) is 3.82. The summed E-state index contributed by atoms with van der Waals surface area (Å²) in [6.07, 6.45) is -3.75. The summed E-state index contributed by atoms with van der Waals surface area (Å²) >= 11 is 5.94. The molecule has 22 heavy (non-hydrogen) atoms. The maximum atomic E-state index is 13.0. The predicted molar refractivity (Wildman–Crippen MR) is 79.5 cm³/mol. The maximum Gasteiger partial charge on any atom is 0.425 e. The Morgan fingerprint density at radius 3 is 2.45 bits per heavy atom. The topological polar surface area (TPSA) is 34.6 Å². The van der Waals surface area contributed by atoms with Crippen molar-refractivity contribution < 1.29 is 22.6 Å². The highest BCUT2D eigenvalue weighted by atomic mass is 35.5. The van der Waals surface area contributed by atoms with Gasteiger partial charge in [0.05, 0.1) is 18.9 Å². The minimum atomic E-state index is -4.49. The number of halogens is 4. The molecular weight excluding hydrogens is 319 g/mol. The van der Waals surface area contributed by atoms with E-state index in [0.717, 1.165) is 6.42 Å². The molecule has 3 heterocycles. The quantitative estimate of drug-likeness (QED) is 0.529. The molecule has 2 unspecified atom stereocenters. The van der Waals surface area contributed by atoms with E-state index in [2.05, 4.69) is 9.72 Å². The van der Waals surface area contributed by atoms with Gasteiger partial charge in [0.1, 0.15) is 0 Å². The van der Waals surface area contributed by atoms with Crippen LogP contribution >= 0.6 is 11.6 Å². The first kappa shape index (κ1) is 19.0. The van der Waals surface area contributed by atoms with Gasteiger partial charge in [-0.05, 0) is 18.4 Å². The van der Waals surface area contributed by atoms with Crippen LogP contribution in [0.15, 0.2) is 6.07 Å². The van der Waals surface area contributed by atoms with Gasteiger partial charge >= 0.3 is 6.18 Å². The molecule has 2 aliphatic heterocycles. The number of pyridine rings is 1. The van der Waals surface area contributed by atoms with Gasteiger partial charge in [-0.1, -0.05) is 39.8 Å². The number of epoxide rings is 1. The van der Waals surface area contributed by atoms with Crippen LogP contribution in [0.25, 0.3) is 0 Å². The zero-order chi connectivity index (χ0) is 15.8. The number of hydrogen-bond donors (Lipinski definition) is 0. The van der Waals surface area contributed by atoms with Gasteiger partial charge in [-0.3, -0.25) is 0 Å². The Morgan fingerprint density at radius 1 is 1.36 bits per heavy atom. The summed E-state index contributed by atoms with van der Waals surface area (Å²) in [7, 11) is 0. The Labute approximate surface area is 133 Å². The fourth-order valence-corrected chi connectivity index (χ4v) is 2.51. The predicted octanol–water partition coefficient (Wildman–Crippen LogP) is 5.07. The van der Waals surface area contributed by atoms with Crippen LogP contribution < -0.4 is 4.74 Å². The molecule has 0 aliphatic carbocycles. The molecule has 3 nitrogen and oxygen atoms in total. The molecule has 1 aromatic heterocycles. The second-order valence-corrected chi connectivity index (χ2v) is 5.23. The van der Waals surface area contributed by atoms with Gasteiger partial charge in [0.25, 0.3) is 0 Å². The molecule has 0 amide bonds. The SMILES string of the molecule is C.CC.CC1CCOc2c1cc(C1(C(F)(F)F)CO1)nc2Cl. The average molecular weight is 340 g/mol. The van der Waals surface area contributed by atoms with Crippen molar-refractivity contribution in [1.29, 1.82) is 0 Å². The minimum Gasteiger partial charge on any atom is -0.490 e. The van der Waals surface area contributed by atoms with Gasteiger partial charge in [-0.2, -0.15) is 13.2 Å². The van der Waals surface area contributed by atoms with Gasteiger partial charge in [-0.15, -0.1) is 0 Å². The van der Waals surface area contributed by atoms with Crippen molar-refractivity contribution in [3.05, 3.63) is 22.5 Å². The van der Waals surface area contributed by atoms with E-state index in [-0.39, 0.29) is 24.2 Å². The van der Waals surface area contributed by atoms with Crippen molar-refractivity contribution in [1.82, 2.24) is 4.98 Å². The smallest absolute Gasteiger partial charge is 0.425 e. The van der Waals surface area contributed by atoms with Crippen molar-refractivity contribution in [3.63, 3.8) is 0 Å². The van der Waals surface area contributed by atoms with E-state index in [4.69, 9.17) is 16.3 Å². The molecule has 0 saturated carbocycles. The fourth-order valence-electron chi connectivity index (χ4n) is 2.26. The van der Waals surface area contributed by atoms with Gasteiger partial charge in [0.15, 0.2) is 10.9 Å². The van der Waals surface area contributed by atoms with Gasteiger partial charge in [0.2, 0.25) is 5.60 Å². The lowest BCUT2D eigenvalue weighted by Crippen LogP contribution is -2.31. The second kappa shape index (κ2) is 6.62. The molecule has 3 rings (SSSR count). The molecule has 0 aromatic carbocycles. The first-order valence-corrected chi connectivity index (χ1v) is 7.27. The first-order chi connectivity index (χ1) is 9.85. The molecular formula is C15H21ClF3NO2. The lowest BCUT2D eigenvalue weighted by Gasteiger charge is -2.25. The van der Waals surface area contributed by atoms with Crippen molar-refractivity contribution in [2.75, 3.05) is 13.2 Å². The summed E-state index contributed by atoms with van der Waals surface area (Å²) in [5.41, 5.74) is -1.80. The van der Waals surface area contributed by atoms with E-state index in [9.17, 15) is 13.2 Å². The third-order valence-corrected chi connectivity index (χ3v) is 3.85. The third-order valence-electron chi connectivity index (χ3n) is 3.59. The summed E-state index contributed by atoms with van der Waals surface area (Å²) in [6.45, 7) is 6.01. The maximum absolute atomic E-state index is 13.0. The fraction of sp³-hybridized carbons (Fsp3) is 0.667. The number of aromatic nitrogens is 1. The second-order valence-electron chi connectivity index (χ2n) is 4.87. The standard InChI is InChI=1S/C12H11ClF3NO2.C2H6.CH4/c1-6-2-3-18-9-7(6)4-8(17-10(9)13)11(5-19-11)12(14,15)16;1-2;/h4,6H,2-3,5H2,1H3;1-2H3;1H4. The largest absolute Gasteiger partial charge is 0.490 e. The zero-order valence-electron chi connectivity index (χ0n) is 12.1. The van der Waals surface area contributed by atoms with Crippen LogP contribution in [0.4, 0.5) is 13.2 Å². The number of rotatable bonds is 1. The third kappa shape index (κ3) is 3.04. The molecule has 126 valence electrons. The van der Waals surface area contributed by atoms with Crippen molar-refractivity contribution in [2.24, 2.45) is 0 Å². The summed E-state index contributed by atoms with van der Waals surface area (Å²) in [5.74, 6) is 0.481. The van der Waals surface area contributed by atoms with Crippen LogP contribution in [0.3, 0.4) is 0 Å². The van der Waals surface area contributed by atoms with Crippen molar-refractivity contribution in [3.8, 4) is 5.75 Å². The highest BCUT2D eigenvalue weighted by Crippen LogP contribution is 2.52. The molecule has 1 aromatic rings. The number of fused-ring (bicyclic) bond motifs is 1. The van der Waals surface area contributed by atoms with Crippen LogP contribution in [0, 0.1) is 0 Å². The molecule has 0 N–H and O–H groups in total. The zero-order valence-corrected chi connectivity index (χ0v) is 12.8. The summed E-state index contributed by atoms with van der Waals surface area (Å²) in [6, 6.07) is 1.41. The van der Waals surface area contributed by atoms with E-state index in [1.165, 1.54) is 6.07 Å². The van der Waals surface area contributed by atoms with E-state index in [0.29, 0.717) is 17.9 Å². The van der Waals surface area contributed by atoms with Crippen molar-refractivity contribution >= 4 is 11.6 Å². The number of alkyl halides is 3. The lowest BCUT2D eigenvalue weighted by molar-refractivity contribution is -0.188. The molecule has 0 spiro atoms. The van der Waals surface area contributed by atoms with E-state index in [1.54, 1.807) is 0 Å². The van der Waals surface area contributed by atoms with Gasteiger partial charge in [0, 0.05) is 5.56 Å². The van der Waals surface area contributed by atoms with Crippen LogP contribution in [0.1, 0.15) is 51.8 Å². The minimum absolute atomic E-state index is 0. The molecule has 2 atom stereocenters. The Kier molecular flexibility index (Phi) is 5.73. The van der Waals surface area contributed by atoms with E-state index < -0.39 is 18.4 Å². The number of ether oxygens (including phenoxy) is 2. The number of hydrogen-bond acceptors (Lipinski definition) is 3. The highest BCUT2D eigenvalue weighted by molar-refractivity contribution is 6.31. The Hall–Kier alpha value is -1.01. The van der Waals surface area contributed by atoms with Crippen LogP contribution in [-0.4, -0.2) is 24.4 Å². The summed E-state index contributed by atoms with van der Waals surface area (Å²) < 4.78 is 49.0. The lowest BCUT2D eigenvalue weighted by atomic mass is 9.93. The van der Waals surface area contributed by atoms with E-state index in [1.807, 2.05) is 20.8 Å². The van der Waals surface area contributed by atoms with Crippen LogP contribution in [-0.2, 0) is 10.3 Å². The normalized spacial score (nSPS) is 25.9. The molecule has 0 bridgehead atoms. The first-order valence-electron chi connectivity index (χ1n) is 6.89. The molecule has 1 saturated heterocycles. The van der Waals surface area contributed by atoms with Gasteiger partial charge in [-0.25, -0.2) is 4.98 Å².